The Balaban J connectivity index is 1.64. The van der Waals surface area contributed by atoms with Gasteiger partial charge in [-0.15, -0.1) is 0 Å². The van der Waals surface area contributed by atoms with Gasteiger partial charge in [0, 0.05) is 26.2 Å². The molecular weight excluding hydrogens is 338 g/mol. The number of hydrogen-bond donors (Lipinski definition) is 1. The lowest BCUT2D eigenvalue weighted by Gasteiger charge is -2.34. The van der Waals surface area contributed by atoms with Crippen molar-refractivity contribution in [3.05, 3.63) is 35.4 Å². The van der Waals surface area contributed by atoms with Crippen molar-refractivity contribution in [1.82, 2.24) is 13.9 Å². The van der Waals surface area contributed by atoms with E-state index in [1.165, 1.54) is 22.7 Å². The van der Waals surface area contributed by atoms with Crippen LogP contribution in [0, 0.1) is 0 Å². The number of ether oxygens (including phenoxy) is 1. The van der Waals surface area contributed by atoms with Crippen molar-refractivity contribution in [2.45, 2.75) is 52.0 Å². The molecule has 2 saturated heterocycles. The summed E-state index contributed by atoms with van der Waals surface area (Å²) in [4.78, 5) is 2.43. The summed E-state index contributed by atoms with van der Waals surface area (Å²) in [6.07, 6.45) is 2.34. The normalized spacial score (nSPS) is 26.2. The Morgan fingerprint density at radius 3 is 2.32 bits per heavy atom. The van der Waals surface area contributed by atoms with Crippen LogP contribution >= 0.6 is 0 Å². The molecule has 2 atom stereocenters. The Hall–Kier alpha value is -0.990. The van der Waals surface area contributed by atoms with Gasteiger partial charge < -0.3 is 4.74 Å². The standard InChI is InChI=1S/C18H29N3O3S/c1-15-12-21(13-16(2)24-15)25(22,23)19-11-17-7-3-4-8-18(17)14-20-9-5-6-10-20/h3-4,7-8,15-16,19H,5-6,9-14H2,1-2H3/t15-,16-/m1/s1. The first-order valence-electron chi connectivity index (χ1n) is 9.13. The fraction of sp³-hybridized carbons (Fsp3) is 0.667. The maximum absolute atomic E-state index is 12.7. The number of morpholine rings is 1. The number of nitrogens with one attached hydrogen (secondary N) is 1. The molecule has 2 fully saturated rings. The van der Waals surface area contributed by atoms with Crippen LogP contribution in [0.1, 0.15) is 37.8 Å². The van der Waals surface area contributed by atoms with Gasteiger partial charge in [-0.2, -0.15) is 17.4 Å². The first-order chi connectivity index (χ1) is 11.9. The lowest BCUT2D eigenvalue weighted by Crippen LogP contribution is -2.51. The second kappa shape index (κ2) is 8.14. The van der Waals surface area contributed by atoms with Crippen LogP contribution in [-0.2, 0) is 28.0 Å². The highest BCUT2D eigenvalue weighted by molar-refractivity contribution is 7.87. The van der Waals surface area contributed by atoms with Crippen molar-refractivity contribution < 1.29 is 13.2 Å². The Morgan fingerprint density at radius 2 is 1.68 bits per heavy atom. The Kier molecular flexibility index (Phi) is 6.12. The van der Waals surface area contributed by atoms with Gasteiger partial charge in [-0.25, -0.2) is 0 Å². The van der Waals surface area contributed by atoms with Gasteiger partial charge in [-0.05, 0) is 50.9 Å². The quantitative estimate of drug-likeness (QED) is 0.832. The maximum Gasteiger partial charge on any atom is 0.279 e. The minimum absolute atomic E-state index is 0.0808. The molecule has 1 N–H and O–H groups in total. The molecular formula is C18H29N3O3S. The molecule has 1 aromatic carbocycles. The molecule has 7 heteroatoms. The number of hydrogen-bond acceptors (Lipinski definition) is 4. The smallest absolute Gasteiger partial charge is 0.279 e. The summed E-state index contributed by atoms with van der Waals surface area (Å²) in [6.45, 7) is 8.08. The van der Waals surface area contributed by atoms with E-state index in [9.17, 15) is 8.42 Å². The number of benzene rings is 1. The molecule has 0 aromatic heterocycles. The zero-order valence-electron chi connectivity index (χ0n) is 15.1. The molecule has 0 unspecified atom stereocenters. The van der Waals surface area contributed by atoms with Crippen molar-refractivity contribution in [1.29, 1.82) is 0 Å². The van der Waals surface area contributed by atoms with E-state index < -0.39 is 10.2 Å². The van der Waals surface area contributed by atoms with E-state index in [1.54, 1.807) is 0 Å². The van der Waals surface area contributed by atoms with Crippen LogP contribution in [0.2, 0.25) is 0 Å². The monoisotopic (exact) mass is 367 g/mol. The average Bonchev–Trinajstić information content (AvgIpc) is 3.06. The first-order valence-corrected chi connectivity index (χ1v) is 10.6. The molecule has 6 nitrogen and oxygen atoms in total. The summed E-state index contributed by atoms with van der Waals surface area (Å²) in [6, 6.07) is 8.10. The Labute approximate surface area is 151 Å². The van der Waals surface area contributed by atoms with Crippen molar-refractivity contribution >= 4 is 10.2 Å². The van der Waals surface area contributed by atoms with Crippen LogP contribution in [-0.4, -0.2) is 56.0 Å². The SMILES string of the molecule is C[C@@H]1CN(S(=O)(=O)NCc2ccccc2CN2CCCC2)C[C@@H](C)O1. The van der Waals surface area contributed by atoms with Crippen molar-refractivity contribution in [2.24, 2.45) is 0 Å². The Bertz CT molecular complexity index is 664. The van der Waals surface area contributed by atoms with Gasteiger partial charge in [0.25, 0.3) is 10.2 Å². The van der Waals surface area contributed by atoms with Crippen molar-refractivity contribution in [2.75, 3.05) is 26.2 Å². The lowest BCUT2D eigenvalue weighted by atomic mass is 10.1. The zero-order chi connectivity index (χ0) is 17.9. The number of rotatable bonds is 6. The van der Waals surface area contributed by atoms with Crippen LogP contribution in [0.4, 0.5) is 0 Å². The molecule has 2 aliphatic heterocycles. The average molecular weight is 368 g/mol. The Morgan fingerprint density at radius 1 is 1.08 bits per heavy atom. The summed E-state index contributed by atoms with van der Waals surface area (Å²) in [7, 11) is -3.50. The van der Waals surface area contributed by atoms with Crippen LogP contribution in [0.25, 0.3) is 0 Å². The largest absolute Gasteiger partial charge is 0.373 e. The van der Waals surface area contributed by atoms with Gasteiger partial charge in [0.1, 0.15) is 0 Å². The highest BCUT2D eigenvalue weighted by atomic mass is 32.2. The molecule has 3 rings (SSSR count). The van der Waals surface area contributed by atoms with E-state index in [4.69, 9.17) is 4.74 Å². The van der Waals surface area contributed by atoms with Gasteiger partial charge in [0.15, 0.2) is 0 Å². The molecule has 1 aromatic rings. The maximum atomic E-state index is 12.7. The summed E-state index contributed by atoms with van der Waals surface area (Å²) in [5, 5.41) is 0. The molecule has 25 heavy (non-hydrogen) atoms. The summed E-state index contributed by atoms with van der Waals surface area (Å²) < 4.78 is 35.2. The lowest BCUT2D eigenvalue weighted by molar-refractivity contribution is -0.0444. The predicted octanol–water partition coefficient (Wildman–Crippen LogP) is 1.73. The van der Waals surface area contributed by atoms with E-state index in [2.05, 4.69) is 15.7 Å². The van der Waals surface area contributed by atoms with Crippen molar-refractivity contribution in [3.8, 4) is 0 Å². The van der Waals surface area contributed by atoms with Gasteiger partial charge in [-0.3, -0.25) is 4.90 Å². The van der Waals surface area contributed by atoms with Crippen LogP contribution in [0.3, 0.4) is 0 Å². The summed E-state index contributed by atoms with van der Waals surface area (Å²) in [5.74, 6) is 0. The molecule has 0 spiro atoms. The third-order valence-corrected chi connectivity index (χ3v) is 6.37. The van der Waals surface area contributed by atoms with Gasteiger partial charge in [0.05, 0.1) is 12.2 Å². The van der Waals surface area contributed by atoms with Crippen LogP contribution < -0.4 is 4.72 Å². The van der Waals surface area contributed by atoms with E-state index >= 15 is 0 Å². The molecule has 0 saturated carbocycles. The van der Waals surface area contributed by atoms with Gasteiger partial charge in [-0.1, -0.05) is 24.3 Å². The molecule has 0 bridgehead atoms. The molecule has 140 valence electrons. The van der Waals surface area contributed by atoms with Gasteiger partial charge in [0.2, 0.25) is 0 Å². The molecule has 0 aliphatic carbocycles. The third kappa shape index (κ3) is 5.01. The summed E-state index contributed by atoms with van der Waals surface area (Å²) >= 11 is 0. The van der Waals surface area contributed by atoms with Crippen molar-refractivity contribution in [3.63, 3.8) is 0 Å². The second-order valence-electron chi connectivity index (χ2n) is 7.15. The highest BCUT2D eigenvalue weighted by Crippen LogP contribution is 2.17. The molecule has 2 aliphatic rings. The minimum atomic E-state index is -3.50. The van der Waals surface area contributed by atoms with E-state index in [0.717, 1.165) is 25.2 Å². The van der Waals surface area contributed by atoms with Crippen LogP contribution in [0.15, 0.2) is 24.3 Å². The van der Waals surface area contributed by atoms with Gasteiger partial charge >= 0.3 is 0 Å². The summed E-state index contributed by atoms with van der Waals surface area (Å²) in [5.41, 5.74) is 2.25. The van der Waals surface area contributed by atoms with E-state index in [0.29, 0.717) is 19.6 Å². The number of nitrogens with zero attached hydrogens (tertiary/aromatic N) is 2. The van der Waals surface area contributed by atoms with Crippen LogP contribution in [0.5, 0.6) is 0 Å². The molecule has 0 amide bonds. The predicted molar refractivity (Wildman–Crippen MR) is 98.3 cm³/mol. The molecule has 2 heterocycles. The highest BCUT2D eigenvalue weighted by Gasteiger charge is 2.30. The fourth-order valence-electron chi connectivity index (χ4n) is 3.65. The second-order valence-corrected chi connectivity index (χ2v) is 8.91. The zero-order valence-corrected chi connectivity index (χ0v) is 16.0. The first kappa shape index (κ1) is 18.8. The number of likely N-dealkylation sites (tertiary alicyclic amines) is 1. The van der Waals surface area contributed by atoms with E-state index in [-0.39, 0.29) is 12.2 Å². The van der Waals surface area contributed by atoms with E-state index in [1.807, 2.05) is 32.0 Å². The topological polar surface area (TPSA) is 61.9 Å². The fourth-order valence-corrected chi connectivity index (χ4v) is 4.99. The third-order valence-electron chi connectivity index (χ3n) is 4.88. The minimum Gasteiger partial charge on any atom is -0.373 e. The molecule has 0 radical (unpaired) electrons.